The highest BCUT2D eigenvalue weighted by atomic mass is 32.1. The van der Waals surface area contributed by atoms with E-state index in [2.05, 4.69) is 11.4 Å². The highest BCUT2D eigenvalue weighted by Crippen LogP contribution is 2.37. The Kier molecular flexibility index (Phi) is 6.58. The van der Waals surface area contributed by atoms with E-state index < -0.39 is 18.0 Å². The fourth-order valence-electron chi connectivity index (χ4n) is 3.98. The third kappa shape index (κ3) is 4.27. The van der Waals surface area contributed by atoms with Gasteiger partial charge in [0.15, 0.2) is 6.10 Å². The smallest absolute Gasteiger partial charge is 0.375 e. The summed E-state index contributed by atoms with van der Waals surface area (Å²) < 4.78 is 16.3. The van der Waals surface area contributed by atoms with Crippen LogP contribution in [0, 0.1) is 11.3 Å². The molecule has 0 fully saturated rings. The Morgan fingerprint density at radius 1 is 1.25 bits per heavy atom. The number of anilines is 1. The molecule has 0 spiro atoms. The number of rotatable bonds is 6. The number of benzene rings is 1. The van der Waals surface area contributed by atoms with Gasteiger partial charge in [0.25, 0.3) is 5.91 Å². The van der Waals surface area contributed by atoms with Gasteiger partial charge in [-0.1, -0.05) is 24.6 Å². The highest BCUT2D eigenvalue weighted by Gasteiger charge is 2.27. The third-order valence-electron chi connectivity index (χ3n) is 5.60. The number of ether oxygens (including phenoxy) is 2. The van der Waals surface area contributed by atoms with Crippen molar-refractivity contribution < 1.29 is 23.5 Å². The summed E-state index contributed by atoms with van der Waals surface area (Å²) in [5.74, 6) is -1.21. The molecule has 1 aliphatic carbocycles. The van der Waals surface area contributed by atoms with E-state index in [-0.39, 0.29) is 12.4 Å². The number of nitrogens with one attached hydrogen (secondary N) is 1. The van der Waals surface area contributed by atoms with E-state index in [4.69, 9.17) is 13.9 Å². The van der Waals surface area contributed by atoms with Crippen LogP contribution in [-0.2, 0) is 33.7 Å². The summed E-state index contributed by atoms with van der Waals surface area (Å²) in [6, 6.07) is 9.48. The van der Waals surface area contributed by atoms with Crippen molar-refractivity contribution in [1.82, 2.24) is 0 Å². The molecular formula is C24H24N2O5S. The average molecular weight is 453 g/mol. The van der Waals surface area contributed by atoms with Gasteiger partial charge in [-0.15, -0.1) is 11.3 Å². The van der Waals surface area contributed by atoms with Gasteiger partial charge in [0, 0.05) is 22.9 Å². The van der Waals surface area contributed by atoms with Gasteiger partial charge in [-0.05, 0) is 44.2 Å². The molecule has 1 N–H and O–H groups in total. The summed E-state index contributed by atoms with van der Waals surface area (Å²) in [5.41, 5.74) is 2.69. The van der Waals surface area contributed by atoms with Crippen LogP contribution < -0.4 is 5.32 Å². The number of nitriles is 1. The minimum atomic E-state index is -1.07. The van der Waals surface area contributed by atoms with E-state index in [1.165, 1.54) is 25.4 Å². The van der Waals surface area contributed by atoms with Gasteiger partial charge >= 0.3 is 5.97 Å². The first-order valence-electron chi connectivity index (χ1n) is 10.6. The molecule has 0 saturated heterocycles. The van der Waals surface area contributed by atoms with Crippen LogP contribution in [0.25, 0.3) is 11.0 Å². The number of para-hydroxylation sites is 1. The Morgan fingerprint density at radius 2 is 2.03 bits per heavy atom. The van der Waals surface area contributed by atoms with Crippen LogP contribution in [0.4, 0.5) is 5.00 Å². The number of hydrogen-bond donors (Lipinski definition) is 1. The molecule has 1 amide bonds. The second kappa shape index (κ2) is 9.55. The van der Waals surface area contributed by atoms with Crippen LogP contribution in [0.1, 0.15) is 58.3 Å². The summed E-state index contributed by atoms with van der Waals surface area (Å²) >= 11 is 1.44. The molecule has 7 nitrogen and oxygen atoms in total. The van der Waals surface area contributed by atoms with Gasteiger partial charge in [0.2, 0.25) is 5.76 Å². The lowest BCUT2D eigenvalue weighted by Crippen LogP contribution is -2.30. The van der Waals surface area contributed by atoms with Gasteiger partial charge < -0.3 is 19.2 Å². The first kappa shape index (κ1) is 22.1. The third-order valence-corrected chi connectivity index (χ3v) is 6.80. The van der Waals surface area contributed by atoms with Gasteiger partial charge in [0.05, 0.1) is 12.2 Å². The van der Waals surface area contributed by atoms with Gasteiger partial charge in [0.1, 0.15) is 16.7 Å². The fourth-order valence-corrected chi connectivity index (χ4v) is 5.22. The molecule has 0 radical (unpaired) electrons. The summed E-state index contributed by atoms with van der Waals surface area (Å²) in [6.45, 7) is 1.67. The molecule has 1 atom stereocenters. The molecule has 32 heavy (non-hydrogen) atoms. The molecule has 1 aromatic carbocycles. The molecule has 0 saturated carbocycles. The minimum Gasteiger partial charge on any atom is -0.449 e. The number of hydrogen-bond acceptors (Lipinski definition) is 7. The average Bonchev–Trinajstić information content (AvgIpc) is 3.22. The largest absolute Gasteiger partial charge is 0.449 e. The second-order valence-corrected chi connectivity index (χ2v) is 8.86. The van der Waals surface area contributed by atoms with Crippen molar-refractivity contribution in [2.24, 2.45) is 0 Å². The van der Waals surface area contributed by atoms with Gasteiger partial charge in [-0.2, -0.15) is 5.26 Å². The summed E-state index contributed by atoms with van der Waals surface area (Å²) in [7, 11) is 1.53. The number of nitrogens with zero attached hydrogens (tertiary/aromatic N) is 1. The normalized spacial score (nSPS) is 14.3. The van der Waals surface area contributed by atoms with E-state index in [9.17, 15) is 14.9 Å². The lowest BCUT2D eigenvalue weighted by Gasteiger charge is -2.13. The van der Waals surface area contributed by atoms with E-state index in [0.29, 0.717) is 21.7 Å². The minimum absolute atomic E-state index is 0.0215. The molecule has 166 valence electrons. The number of carbonyl (C=O) groups is 2. The van der Waals surface area contributed by atoms with Crippen LogP contribution in [0.3, 0.4) is 0 Å². The van der Waals surface area contributed by atoms with Crippen LogP contribution in [0.5, 0.6) is 0 Å². The molecule has 1 aliphatic rings. The zero-order valence-corrected chi connectivity index (χ0v) is 18.8. The number of carbonyl (C=O) groups excluding carboxylic acids is 2. The molecule has 8 heteroatoms. The van der Waals surface area contributed by atoms with Crippen molar-refractivity contribution in [3.8, 4) is 6.07 Å². The number of esters is 1. The van der Waals surface area contributed by atoms with Crippen LogP contribution in [0.2, 0.25) is 0 Å². The summed E-state index contributed by atoms with van der Waals surface area (Å²) in [6.07, 6.45) is 3.97. The first-order valence-corrected chi connectivity index (χ1v) is 11.4. The topological polar surface area (TPSA) is 102 Å². The van der Waals surface area contributed by atoms with Crippen LogP contribution in [0.15, 0.2) is 28.7 Å². The Labute approximate surface area is 189 Å². The fraction of sp³-hybridized carbons (Fsp3) is 0.375. The van der Waals surface area contributed by atoms with Crippen LogP contribution >= 0.6 is 11.3 Å². The SMILES string of the molecule is COCc1c(C(=O)OC(C)C(=O)Nc2sc3c(c2C#N)CCCCC3)oc2ccccc12. The Morgan fingerprint density at radius 3 is 2.81 bits per heavy atom. The van der Waals surface area contributed by atoms with Crippen molar-refractivity contribution in [2.45, 2.75) is 51.7 Å². The standard InChI is InChI=1S/C24H24N2O5S/c1-14(22(27)26-23-17(12-25)16-9-4-3-5-11-20(16)32-23)30-24(28)21-18(13-29-2)15-8-6-7-10-19(15)31-21/h6-8,10,14H,3-5,9,11,13H2,1-2H3,(H,26,27). The maximum atomic E-state index is 12.8. The van der Waals surface area contributed by atoms with Crippen molar-refractivity contribution >= 4 is 39.2 Å². The molecule has 4 rings (SSSR count). The lowest BCUT2D eigenvalue weighted by molar-refractivity contribution is -0.123. The monoisotopic (exact) mass is 452 g/mol. The number of thiophene rings is 1. The zero-order chi connectivity index (χ0) is 22.7. The molecule has 2 heterocycles. The maximum Gasteiger partial charge on any atom is 0.375 e. The second-order valence-electron chi connectivity index (χ2n) is 7.76. The van der Waals surface area contributed by atoms with E-state index in [1.807, 2.05) is 18.2 Å². The molecule has 3 aromatic rings. The Hall–Kier alpha value is -3.15. The molecule has 0 bridgehead atoms. The number of amides is 1. The maximum absolute atomic E-state index is 12.8. The molecule has 1 unspecified atom stereocenters. The van der Waals surface area contributed by atoms with Crippen molar-refractivity contribution in [2.75, 3.05) is 12.4 Å². The number of fused-ring (bicyclic) bond motifs is 2. The predicted molar refractivity (Wildman–Crippen MR) is 121 cm³/mol. The van der Waals surface area contributed by atoms with E-state index in [1.54, 1.807) is 6.07 Å². The number of aryl methyl sites for hydroxylation is 1. The van der Waals surface area contributed by atoms with E-state index in [0.717, 1.165) is 47.9 Å². The number of methoxy groups -OCH3 is 1. The molecule has 2 aromatic heterocycles. The first-order chi connectivity index (χ1) is 15.5. The van der Waals surface area contributed by atoms with Crippen molar-refractivity contribution in [3.05, 3.63) is 51.6 Å². The quantitative estimate of drug-likeness (QED) is 0.419. The number of furan rings is 1. The Balaban J connectivity index is 1.50. The predicted octanol–water partition coefficient (Wildman–Crippen LogP) is 4.97. The highest BCUT2D eigenvalue weighted by molar-refractivity contribution is 7.16. The van der Waals surface area contributed by atoms with E-state index >= 15 is 0 Å². The van der Waals surface area contributed by atoms with Gasteiger partial charge in [-0.25, -0.2) is 4.79 Å². The summed E-state index contributed by atoms with van der Waals surface area (Å²) in [5, 5.41) is 13.7. The lowest BCUT2D eigenvalue weighted by atomic mass is 10.1. The summed E-state index contributed by atoms with van der Waals surface area (Å²) in [4.78, 5) is 26.7. The van der Waals surface area contributed by atoms with Crippen molar-refractivity contribution in [1.29, 1.82) is 5.26 Å². The zero-order valence-electron chi connectivity index (χ0n) is 18.0. The van der Waals surface area contributed by atoms with Crippen LogP contribution in [-0.4, -0.2) is 25.1 Å². The van der Waals surface area contributed by atoms with Crippen molar-refractivity contribution in [3.63, 3.8) is 0 Å². The Bertz CT molecular complexity index is 1200. The molecular weight excluding hydrogens is 428 g/mol. The van der Waals surface area contributed by atoms with Gasteiger partial charge in [-0.3, -0.25) is 4.79 Å². The molecule has 0 aliphatic heterocycles.